The van der Waals surface area contributed by atoms with Crippen LogP contribution in [0.5, 0.6) is 0 Å². The number of nitrogens with zero attached hydrogens (tertiary/aromatic N) is 4. The zero-order chi connectivity index (χ0) is 19.1. The van der Waals surface area contributed by atoms with Crippen LogP contribution >= 0.6 is 0 Å². The molecule has 2 aromatic rings. The Morgan fingerprint density at radius 3 is 2.74 bits per heavy atom. The number of carboxylic acid groups (broad SMARTS) is 1. The van der Waals surface area contributed by atoms with Crippen molar-refractivity contribution in [3.8, 4) is 5.82 Å². The lowest BCUT2D eigenvalue weighted by Gasteiger charge is -2.32. The Kier molecular flexibility index (Phi) is 4.29. The monoisotopic (exact) mass is 371 g/mol. The molecule has 1 aliphatic carbocycles. The molecule has 1 aliphatic heterocycles. The van der Waals surface area contributed by atoms with Crippen LogP contribution in [0, 0.1) is 12.8 Å². The van der Waals surface area contributed by atoms with E-state index in [4.69, 9.17) is 0 Å². The minimum absolute atomic E-state index is 0.0266. The Balaban J connectivity index is 1.68. The minimum atomic E-state index is -0.954. The number of H-pyrrole nitrogens is 1. The number of aromatic nitrogens is 4. The summed E-state index contributed by atoms with van der Waals surface area (Å²) in [5.74, 6) is -0.618. The van der Waals surface area contributed by atoms with E-state index in [-0.39, 0.29) is 23.4 Å². The second-order valence-corrected chi connectivity index (χ2v) is 7.25. The standard InChI is InChI=1S/C18H21N5O4/c1-10-12(9-19-23(10)15-6-7-16(24)21-20-15)17(25)22-13-5-3-2-4-11(13)8-14(22)18(26)27/h6-7,9,11,13-14H,2-5,8H2,1H3,(H,21,24)(H,26,27). The molecule has 1 saturated carbocycles. The number of fused-ring (bicyclic) bond motifs is 1. The molecule has 2 N–H and O–H groups in total. The molecule has 3 atom stereocenters. The first-order chi connectivity index (χ1) is 13.0. The third-order valence-electron chi connectivity index (χ3n) is 5.73. The highest BCUT2D eigenvalue weighted by atomic mass is 16.4. The fourth-order valence-corrected chi connectivity index (χ4v) is 4.42. The number of nitrogens with one attached hydrogen (secondary N) is 1. The minimum Gasteiger partial charge on any atom is -0.480 e. The lowest BCUT2D eigenvalue weighted by molar-refractivity contribution is -0.141. The molecule has 2 fully saturated rings. The van der Waals surface area contributed by atoms with Crippen molar-refractivity contribution in [1.82, 2.24) is 24.9 Å². The summed E-state index contributed by atoms with van der Waals surface area (Å²) in [6.45, 7) is 1.73. The fourth-order valence-electron chi connectivity index (χ4n) is 4.42. The molecule has 1 amide bonds. The van der Waals surface area contributed by atoms with Crippen molar-refractivity contribution in [3.05, 3.63) is 39.9 Å². The van der Waals surface area contributed by atoms with Crippen molar-refractivity contribution in [3.63, 3.8) is 0 Å². The average molecular weight is 371 g/mol. The number of rotatable bonds is 3. The number of likely N-dealkylation sites (tertiary alicyclic amines) is 1. The van der Waals surface area contributed by atoms with Crippen LogP contribution in [0.25, 0.3) is 5.82 Å². The van der Waals surface area contributed by atoms with Gasteiger partial charge in [0.2, 0.25) is 0 Å². The molecule has 2 aromatic heterocycles. The summed E-state index contributed by atoms with van der Waals surface area (Å²) in [5.41, 5.74) is 0.591. The molecule has 0 spiro atoms. The van der Waals surface area contributed by atoms with Gasteiger partial charge in [-0.1, -0.05) is 12.8 Å². The number of hydrogen-bond acceptors (Lipinski definition) is 5. The zero-order valence-corrected chi connectivity index (χ0v) is 15.0. The first-order valence-corrected chi connectivity index (χ1v) is 9.13. The van der Waals surface area contributed by atoms with E-state index in [0.29, 0.717) is 23.5 Å². The number of carbonyl (C=O) groups is 2. The van der Waals surface area contributed by atoms with Crippen LogP contribution in [0.1, 0.15) is 48.2 Å². The van der Waals surface area contributed by atoms with Gasteiger partial charge >= 0.3 is 5.97 Å². The van der Waals surface area contributed by atoms with Crippen LogP contribution in [-0.2, 0) is 4.79 Å². The SMILES string of the molecule is Cc1c(C(=O)N2C(C(=O)O)CC3CCCCC32)cnn1-c1ccc(=O)[nH]n1. The van der Waals surface area contributed by atoms with Gasteiger partial charge in [0.1, 0.15) is 6.04 Å². The third kappa shape index (κ3) is 2.92. The van der Waals surface area contributed by atoms with E-state index in [1.54, 1.807) is 11.8 Å². The van der Waals surface area contributed by atoms with Gasteiger partial charge in [0, 0.05) is 12.1 Å². The molecule has 27 heavy (non-hydrogen) atoms. The van der Waals surface area contributed by atoms with E-state index in [1.807, 2.05) is 0 Å². The molecule has 3 unspecified atom stereocenters. The molecular weight excluding hydrogens is 350 g/mol. The molecule has 0 aromatic carbocycles. The Morgan fingerprint density at radius 1 is 1.26 bits per heavy atom. The summed E-state index contributed by atoms with van der Waals surface area (Å²) < 4.78 is 1.47. The maximum atomic E-state index is 13.3. The highest BCUT2D eigenvalue weighted by Crippen LogP contribution is 2.40. The van der Waals surface area contributed by atoms with Gasteiger partial charge in [-0.05, 0) is 38.2 Å². The highest BCUT2D eigenvalue weighted by Gasteiger charge is 2.48. The van der Waals surface area contributed by atoms with Crippen LogP contribution in [0.3, 0.4) is 0 Å². The van der Waals surface area contributed by atoms with Gasteiger partial charge in [0.05, 0.1) is 17.5 Å². The van der Waals surface area contributed by atoms with Gasteiger partial charge in [0.25, 0.3) is 11.5 Å². The van der Waals surface area contributed by atoms with Gasteiger partial charge in [-0.25, -0.2) is 14.6 Å². The van der Waals surface area contributed by atoms with E-state index in [9.17, 15) is 19.5 Å². The summed E-state index contributed by atoms with van der Waals surface area (Å²) >= 11 is 0. The molecule has 9 heteroatoms. The van der Waals surface area contributed by atoms with Crippen LogP contribution in [0.4, 0.5) is 0 Å². The van der Waals surface area contributed by atoms with Crippen molar-refractivity contribution in [1.29, 1.82) is 0 Å². The second kappa shape index (κ2) is 6.64. The molecular formula is C18H21N5O4. The largest absolute Gasteiger partial charge is 0.480 e. The average Bonchev–Trinajstić information content (AvgIpc) is 3.23. The van der Waals surface area contributed by atoms with Crippen LogP contribution < -0.4 is 5.56 Å². The summed E-state index contributed by atoms with van der Waals surface area (Å²) in [7, 11) is 0. The number of hydrogen-bond donors (Lipinski definition) is 2. The molecule has 142 valence electrons. The Labute approximate surface area is 155 Å². The summed E-state index contributed by atoms with van der Waals surface area (Å²) in [6, 6.07) is 2.03. The van der Waals surface area contributed by atoms with E-state index in [2.05, 4.69) is 15.3 Å². The maximum Gasteiger partial charge on any atom is 0.326 e. The second-order valence-electron chi connectivity index (χ2n) is 7.25. The van der Waals surface area contributed by atoms with Gasteiger partial charge in [-0.2, -0.15) is 10.2 Å². The molecule has 9 nitrogen and oxygen atoms in total. The van der Waals surface area contributed by atoms with Crippen LogP contribution in [0.15, 0.2) is 23.1 Å². The smallest absolute Gasteiger partial charge is 0.326 e. The van der Waals surface area contributed by atoms with Crippen molar-refractivity contribution in [2.45, 2.75) is 51.1 Å². The van der Waals surface area contributed by atoms with Crippen molar-refractivity contribution >= 4 is 11.9 Å². The normalized spacial score (nSPS) is 24.6. The Hall–Kier alpha value is -2.97. The van der Waals surface area contributed by atoms with Crippen LogP contribution in [0.2, 0.25) is 0 Å². The molecule has 3 heterocycles. The fraction of sp³-hybridized carbons (Fsp3) is 0.500. The van der Waals surface area contributed by atoms with E-state index < -0.39 is 12.0 Å². The number of carbonyl (C=O) groups excluding carboxylic acids is 1. The van der Waals surface area contributed by atoms with Gasteiger partial charge in [-0.15, -0.1) is 0 Å². The van der Waals surface area contributed by atoms with Crippen LogP contribution in [-0.4, -0.2) is 53.9 Å². The predicted octanol–water partition coefficient (Wildman–Crippen LogP) is 1.12. The lowest BCUT2D eigenvalue weighted by atomic mass is 9.84. The van der Waals surface area contributed by atoms with E-state index >= 15 is 0 Å². The topological polar surface area (TPSA) is 121 Å². The van der Waals surface area contributed by atoms with Gasteiger partial charge < -0.3 is 10.0 Å². The molecule has 0 radical (unpaired) electrons. The van der Waals surface area contributed by atoms with Gasteiger partial charge in [-0.3, -0.25) is 9.59 Å². The number of aromatic amines is 1. The molecule has 1 saturated heterocycles. The van der Waals surface area contributed by atoms with E-state index in [0.717, 1.165) is 25.7 Å². The summed E-state index contributed by atoms with van der Waals surface area (Å²) in [6.07, 6.45) is 5.87. The summed E-state index contributed by atoms with van der Waals surface area (Å²) in [5, 5.41) is 20.1. The number of aliphatic carboxylic acids is 1. The van der Waals surface area contributed by atoms with Crippen molar-refractivity contribution in [2.24, 2.45) is 5.92 Å². The third-order valence-corrected chi connectivity index (χ3v) is 5.73. The summed E-state index contributed by atoms with van der Waals surface area (Å²) in [4.78, 5) is 37.8. The van der Waals surface area contributed by atoms with E-state index in [1.165, 1.54) is 23.0 Å². The Bertz CT molecular complexity index is 929. The first kappa shape index (κ1) is 17.4. The predicted molar refractivity (Wildman–Crippen MR) is 94.7 cm³/mol. The zero-order valence-electron chi connectivity index (χ0n) is 15.0. The van der Waals surface area contributed by atoms with Crippen molar-refractivity contribution in [2.75, 3.05) is 0 Å². The molecule has 2 aliphatic rings. The van der Waals surface area contributed by atoms with Crippen molar-refractivity contribution < 1.29 is 14.7 Å². The lowest BCUT2D eigenvalue weighted by Crippen LogP contribution is -2.46. The highest BCUT2D eigenvalue weighted by molar-refractivity contribution is 5.98. The number of carboxylic acids is 1. The molecule has 0 bridgehead atoms. The maximum absolute atomic E-state index is 13.3. The van der Waals surface area contributed by atoms with Gasteiger partial charge in [0.15, 0.2) is 5.82 Å². The first-order valence-electron chi connectivity index (χ1n) is 9.13. The quantitative estimate of drug-likeness (QED) is 0.834. The Morgan fingerprint density at radius 2 is 2.04 bits per heavy atom. The molecule has 4 rings (SSSR count). The number of amides is 1.